The molecule has 4 aromatic rings. The lowest BCUT2D eigenvalue weighted by Crippen LogP contribution is -2.19. The second-order valence-electron chi connectivity index (χ2n) is 9.89. The zero-order valence-electron chi connectivity index (χ0n) is 24.3. The molecule has 0 aliphatic carbocycles. The van der Waals surface area contributed by atoms with Crippen LogP contribution in [0.1, 0.15) is 16.8 Å². The minimum atomic E-state index is -4.95. The lowest BCUT2D eigenvalue weighted by atomic mass is 10.1. The lowest BCUT2D eigenvalue weighted by molar-refractivity contribution is -0.143. The van der Waals surface area contributed by atoms with Gasteiger partial charge in [-0.3, -0.25) is 14.2 Å². The van der Waals surface area contributed by atoms with Crippen molar-refractivity contribution in [1.82, 2.24) is 4.98 Å². The molecule has 0 aliphatic heterocycles. The number of nitrogen functional groups attached to an aromatic ring is 2. The van der Waals surface area contributed by atoms with Gasteiger partial charge in [0.25, 0.3) is 20.0 Å². The molecule has 6 N–H and O–H groups in total. The van der Waals surface area contributed by atoms with Crippen molar-refractivity contribution >= 4 is 60.5 Å². The highest BCUT2D eigenvalue weighted by molar-refractivity contribution is 7.93. The summed E-state index contributed by atoms with van der Waals surface area (Å²) < 4.78 is 108. The van der Waals surface area contributed by atoms with Crippen molar-refractivity contribution in [3.05, 3.63) is 94.6 Å². The first-order chi connectivity index (χ1) is 22.0. The molecule has 0 aliphatic rings. The van der Waals surface area contributed by atoms with Crippen molar-refractivity contribution in [2.45, 2.75) is 28.8 Å². The molecule has 0 saturated carbocycles. The molecular weight excluding hydrogens is 687 g/mol. The molecule has 0 fully saturated rings. The first kappa shape index (κ1) is 35.1. The molecule has 0 unspecified atom stereocenters. The van der Waals surface area contributed by atoms with Crippen LogP contribution in [0.3, 0.4) is 0 Å². The number of benzene rings is 3. The lowest BCUT2D eigenvalue weighted by Gasteiger charge is -2.15. The first-order valence-electron chi connectivity index (χ1n) is 13.3. The Balaban J connectivity index is 1.49. The van der Waals surface area contributed by atoms with Crippen molar-refractivity contribution in [3.63, 3.8) is 0 Å². The number of aromatic nitrogens is 1. The van der Waals surface area contributed by atoms with Gasteiger partial charge in [0.1, 0.15) is 22.2 Å². The zero-order valence-corrected chi connectivity index (χ0v) is 26.7. The second-order valence-corrected chi connectivity index (χ2v) is 13.6. The maximum absolute atomic E-state index is 13.7. The number of nitrogens with zero attached hydrogens (tertiary/aromatic N) is 1. The maximum atomic E-state index is 13.7. The van der Waals surface area contributed by atoms with Gasteiger partial charge >= 0.3 is 12.1 Å². The molecule has 250 valence electrons. The third-order valence-electron chi connectivity index (χ3n) is 6.36. The summed E-state index contributed by atoms with van der Waals surface area (Å²) in [5.41, 5.74) is 10.4. The second kappa shape index (κ2) is 13.9. The number of sulfonamides is 2. The number of esters is 1. The van der Waals surface area contributed by atoms with Gasteiger partial charge < -0.3 is 20.9 Å². The van der Waals surface area contributed by atoms with E-state index in [4.69, 9.17) is 32.5 Å². The van der Waals surface area contributed by atoms with Gasteiger partial charge in [-0.1, -0.05) is 17.7 Å². The van der Waals surface area contributed by atoms with Gasteiger partial charge in [0.05, 0.1) is 25.0 Å². The number of carbonyl (C=O) groups is 1. The number of methoxy groups -OCH3 is 1. The summed E-state index contributed by atoms with van der Waals surface area (Å²) in [4.78, 5) is 15.4. The topological polar surface area (TPSA) is 193 Å². The molecule has 0 saturated heterocycles. The van der Waals surface area contributed by atoms with Crippen LogP contribution in [0.5, 0.6) is 5.75 Å². The molecule has 0 amide bonds. The molecule has 0 atom stereocenters. The van der Waals surface area contributed by atoms with E-state index in [1.165, 1.54) is 61.7 Å². The summed E-state index contributed by atoms with van der Waals surface area (Å²) in [5, 5.41) is 0.387. The van der Waals surface area contributed by atoms with E-state index in [9.17, 15) is 34.8 Å². The number of nitrogens with two attached hydrogens (primary N) is 2. The Bertz CT molecular complexity index is 2010. The average Bonchev–Trinajstić information content (AvgIpc) is 2.98. The van der Waals surface area contributed by atoms with Crippen LogP contribution in [0, 0.1) is 0 Å². The van der Waals surface area contributed by atoms with Gasteiger partial charge in [-0.15, -0.1) is 0 Å². The Morgan fingerprint density at radius 3 is 2.13 bits per heavy atom. The smallest absolute Gasteiger partial charge is 0.433 e. The summed E-state index contributed by atoms with van der Waals surface area (Å²) in [6.07, 6.45) is -5.74. The van der Waals surface area contributed by atoms with Crippen LogP contribution in [0.4, 0.5) is 36.1 Å². The largest absolute Gasteiger partial charge is 0.495 e. The van der Waals surface area contributed by atoms with Gasteiger partial charge in [-0.2, -0.15) is 13.2 Å². The van der Waals surface area contributed by atoms with Gasteiger partial charge in [0.15, 0.2) is 0 Å². The number of hydrogen-bond donors (Lipinski definition) is 4. The number of pyridine rings is 1. The summed E-state index contributed by atoms with van der Waals surface area (Å²) >= 11 is 5.85. The molecule has 0 radical (unpaired) electrons. The highest BCUT2D eigenvalue weighted by Crippen LogP contribution is 2.32. The van der Waals surface area contributed by atoms with Gasteiger partial charge in [-0.25, -0.2) is 21.8 Å². The standard InChI is InChI=1S/C29H27ClF3N5O7S2/c1-44-23-9-6-21(35)16-25(23)47(42,43)38-27-13-17(12-26(36-27)29(31,32)33)10-11-45-28(39)14-18-2-5-20(34)15-24(18)46(40,41)37-22-7-3-19(30)4-8-22/h2-9,12-13,15-16,37H,10-11,14,34-35H2,1H3,(H,36,38). The van der Waals surface area contributed by atoms with Crippen molar-refractivity contribution in [2.75, 3.05) is 34.6 Å². The van der Waals surface area contributed by atoms with Crippen molar-refractivity contribution < 1.29 is 44.3 Å². The minimum absolute atomic E-state index is 0.0441. The number of anilines is 4. The number of rotatable bonds is 12. The van der Waals surface area contributed by atoms with Crippen LogP contribution in [-0.2, 0) is 48.6 Å². The van der Waals surface area contributed by atoms with Crippen LogP contribution in [0.25, 0.3) is 0 Å². The number of hydrogen-bond acceptors (Lipinski definition) is 10. The number of ether oxygens (including phenoxy) is 2. The van der Waals surface area contributed by atoms with E-state index in [0.29, 0.717) is 11.1 Å². The fourth-order valence-corrected chi connectivity index (χ4v) is 6.87. The molecule has 0 spiro atoms. The number of halogens is 4. The highest BCUT2D eigenvalue weighted by atomic mass is 35.5. The fourth-order valence-electron chi connectivity index (χ4n) is 4.21. The third kappa shape index (κ3) is 9.17. The molecule has 0 bridgehead atoms. The SMILES string of the molecule is COc1ccc(N)cc1S(=O)(=O)Nc1cc(CCOC(=O)Cc2ccc(N)cc2S(=O)(=O)Nc2ccc(Cl)cc2)cc(C(F)(F)F)n1. The number of nitrogens with one attached hydrogen (secondary N) is 2. The molecule has 3 aromatic carbocycles. The van der Waals surface area contributed by atoms with Crippen molar-refractivity contribution in [2.24, 2.45) is 0 Å². The van der Waals surface area contributed by atoms with Crippen molar-refractivity contribution in [3.8, 4) is 5.75 Å². The van der Waals surface area contributed by atoms with Crippen LogP contribution >= 0.6 is 11.6 Å². The van der Waals surface area contributed by atoms with Crippen LogP contribution in [-0.4, -0.2) is 41.5 Å². The fraction of sp³-hybridized carbons (Fsp3) is 0.172. The first-order valence-corrected chi connectivity index (χ1v) is 16.7. The number of alkyl halides is 3. The Hall–Kier alpha value is -4.74. The third-order valence-corrected chi connectivity index (χ3v) is 9.45. The van der Waals surface area contributed by atoms with E-state index in [-0.39, 0.29) is 45.3 Å². The summed E-state index contributed by atoms with van der Waals surface area (Å²) in [6.45, 7) is -0.435. The van der Waals surface area contributed by atoms with E-state index in [2.05, 4.69) is 9.71 Å². The molecule has 1 heterocycles. The van der Waals surface area contributed by atoms with Gasteiger partial charge in [0.2, 0.25) is 0 Å². The summed E-state index contributed by atoms with van der Waals surface area (Å²) in [5.74, 6) is -1.66. The van der Waals surface area contributed by atoms with Crippen molar-refractivity contribution in [1.29, 1.82) is 0 Å². The minimum Gasteiger partial charge on any atom is -0.495 e. The van der Waals surface area contributed by atoms with Crippen LogP contribution in [0.2, 0.25) is 5.02 Å². The summed E-state index contributed by atoms with van der Waals surface area (Å²) in [6, 6.07) is 15.2. The molecule has 4 rings (SSSR count). The zero-order chi connectivity index (χ0) is 34.6. The van der Waals surface area contributed by atoms with Gasteiger partial charge in [-0.05, 0) is 77.9 Å². The Kier molecular flexibility index (Phi) is 10.4. The molecule has 1 aromatic heterocycles. The predicted molar refractivity (Wildman–Crippen MR) is 169 cm³/mol. The van der Waals surface area contributed by atoms with E-state index >= 15 is 0 Å². The summed E-state index contributed by atoms with van der Waals surface area (Å²) in [7, 11) is -7.52. The molecule has 18 heteroatoms. The Morgan fingerprint density at radius 1 is 0.872 bits per heavy atom. The van der Waals surface area contributed by atoms with E-state index < -0.39 is 61.6 Å². The maximum Gasteiger partial charge on any atom is 0.433 e. The quantitative estimate of drug-likeness (QED) is 0.116. The molecule has 47 heavy (non-hydrogen) atoms. The van der Waals surface area contributed by atoms with E-state index in [0.717, 1.165) is 12.1 Å². The van der Waals surface area contributed by atoms with E-state index in [1.807, 2.05) is 4.72 Å². The Labute approximate surface area is 273 Å². The Morgan fingerprint density at radius 2 is 1.49 bits per heavy atom. The average molecular weight is 714 g/mol. The van der Waals surface area contributed by atoms with E-state index in [1.54, 1.807) is 0 Å². The monoisotopic (exact) mass is 713 g/mol. The highest BCUT2D eigenvalue weighted by Gasteiger charge is 2.34. The molecular formula is C29H27ClF3N5O7S2. The van der Waals surface area contributed by atoms with Gasteiger partial charge in [0, 0.05) is 28.5 Å². The normalized spacial score (nSPS) is 11.9. The van der Waals surface area contributed by atoms with Crippen LogP contribution < -0.4 is 25.6 Å². The predicted octanol–water partition coefficient (Wildman–Crippen LogP) is 4.86. The van der Waals surface area contributed by atoms with Crippen LogP contribution in [0.15, 0.2) is 82.6 Å². The molecule has 12 nitrogen and oxygen atoms in total. The number of carbonyl (C=O) groups excluding carboxylic acids is 1.